The number of nitrogens with zero attached hydrogens (tertiary/aromatic N) is 1. The minimum absolute atomic E-state index is 0.484. The lowest BCUT2D eigenvalue weighted by atomic mass is 10.2. The van der Waals surface area contributed by atoms with Crippen LogP contribution in [0.25, 0.3) is 21.5 Å². The minimum Gasteiger partial charge on any atom is -0.296 e. The molecule has 0 aliphatic carbocycles. The summed E-state index contributed by atoms with van der Waals surface area (Å²) < 4.78 is 5.64. The monoisotopic (exact) mass is 218 g/mol. The van der Waals surface area contributed by atoms with E-state index in [4.69, 9.17) is 0 Å². The number of rotatable bonds is 1. The Morgan fingerprint density at radius 3 is 3.00 bits per heavy atom. The first-order valence-electron chi connectivity index (χ1n) is 4.37. The van der Waals surface area contributed by atoms with E-state index in [-0.39, 0.29) is 0 Å². The van der Waals surface area contributed by atoms with Crippen molar-refractivity contribution in [1.29, 1.82) is 0 Å². The summed E-state index contributed by atoms with van der Waals surface area (Å²) in [6, 6.07) is 7.96. The Labute approximate surface area is 88.2 Å². The van der Waals surface area contributed by atoms with E-state index in [2.05, 4.69) is 14.7 Å². The Morgan fingerprint density at radius 2 is 2.20 bits per heavy atom. The van der Waals surface area contributed by atoms with Crippen LogP contribution in [0.2, 0.25) is 0 Å². The van der Waals surface area contributed by atoms with Crippen LogP contribution >= 0.6 is 11.3 Å². The molecule has 0 saturated carbocycles. The zero-order valence-electron chi connectivity index (χ0n) is 7.56. The quantitative estimate of drug-likeness (QED) is 0.681. The summed E-state index contributed by atoms with van der Waals surface area (Å²) in [5.74, 6) is -0.0438. The number of hydrogen-bond donors (Lipinski definition) is 1. The molecule has 3 aromatic rings. The lowest BCUT2D eigenvalue weighted by molar-refractivity contribution is 0.388. The van der Waals surface area contributed by atoms with E-state index < -0.39 is 5.76 Å². The van der Waals surface area contributed by atoms with Crippen molar-refractivity contribution in [2.45, 2.75) is 0 Å². The van der Waals surface area contributed by atoms with Gasteiger partial charge in [0.05, 0.1) is 0 Å². The molecule has 0 fully saturated rings. The molecule has 2 heterocycles. The molecule has 0 bridgehead atoms. The average Bonchev–Trinajstić information content (AvgIpc) is 2.83. The number of thiophene rings is 1. The zero-order chi connectivity index (χ0) is 10.3. The molecule has 2 aromatic heterocycles. The topological polar surface area (TPSA) is 58.9 Å². The molecule has 0 radical (unpaired) electrons. The van der Waals surface area contributed by atoms with Gasteiger partial charge >= 0.3 is 5.76 Å². The highest BCUT2D eigenvalue weighted by molar-refractivity contribution is 7.17. The first-order valence-corrected chi connectivity index (χ1v) is 5.25. The normalized spacial score (nSPS) is 10.9. The van der Waals surface area contributed by atoms with Gasteiger partial charge in [0.2, 0.25) is 0 Å². The summed E-state index contributed by atoms with van der Waals surface area (Å²) in [4.78, 5) is 13.4. The molecule has 1 aromatic carbocycles. The van der Waals surface area contributed by atoms with Gasteiger partial charge in [0.25, 0.3) is 0 Å². The van der Waals surface area contributed by atoms with Gasteiger partial charge in [-0.3, -0.25) is 9.51 Å². The smallest absolute Gasteiger partial charge is 0.296 e. The molecule has 3 rings (SSSR count). The van der Waals surface area contributed by atoms with Crippen LogP contribution in [0.4, 0.5) is 0 Å². The van der Waals surface area contributed by atoms with Crippen LogP contribution in [-0.2, 0) is 0 Å². The van der Waals surface area contributed by atoms with Crippen molar-refractivity contribution in [3.8, 4) is 11.4 Å². The molecule has 0 amide bonds. The molecular formula is C10H6N2O2S. The number of H-pyrrole nitrogens is 1. The van der Waals surface area contributed by atoms with E-state index in [1.807, 2.05) is 29.6 Å². The van der Waals surface area contributed by atoms with E-state index in [0.717, 1.165) is 15.6 Å². The fourth-order valence-corrected chi connectivity index (χ4v) is 2.45. The van der Waals surface area contributed by atoms with Crippen LogP contribution in [0, 0.1) is 0 Å². The molecule has 0 saturated heterocycles. The SMILES string of the molecule is O=c1[nH]c(-c2csc3ccccc23)no1. The number of aromatic amines is 1. The second kappa shape index (κ2) is 3.06. The van der Waals surface area contributed by atoms with Crippen molar-refractivity contribution in [2.24, 2.45) is 0 Å². The molecular weight excluding hydrogens is 212 g/mol. The maximum atomic E-state index is 10.8. The lowest BCUT2D eigenvalue weighted by Gasteiger charge is -1.91. The maximum Gasteiger partial charge on any atom is 0.439 e. The lowest BCUT2D eigenvalue weighted by Crippen LogP contribution is -1.94. The van der Waals surface area contributed by atoms with Crippen molar-refractivity contribution in [3.63, 3.8) is 0 Å². The summed E-state index contributed by atoms with van der Waals surface area (Å²) in [6.45, 7) is 0. The first kappa shape index (κ1) is 8.43. The van der Waals surface area contributed by atoms with Crippen LogP contribution in [-0.4, -0.2) is 10.1 Å². The van der Waals surface area contributed by atoms with E-state index in [0.29, 0.717) is 5.82 Å². The Balaban J connectivity index is 2.32. The van der Waals surface area contributed by atoms with Crippen LogP contribution in [0.5, 0.6) is 0 Å². The van der Waals surface area contributed by atoms with Crippen molar-refractivity contribution in [2.75, 3.05) is 0 Å². The summed E-state index contributed by atoms with van der Waals surface area (Å²) >= 11 is 1.61. The van der Waals surface area contributed by atoms with E-state index in [1.54, 1.807) is 11.3 Å². The van der Waals surface area contributed by atoms with Crippen molar-refractivity contribution in [3.05, 3.63) is 40.2 Å². The Bertz CT molecular complexity index is 665. The highest BCUT2D eigenvalue weighted by Gasteiger charge is 2.09. The highest BCUT2D eigenvalue weighted by Crippen LogP contribution is 2.31. The number of hydrogen-bond acceptors (Lipinski definition) is 4. The molecule has 0 unspecified atom stereocenters. The van der Waals surface area contributed by atoms with E-state index in [9.17, 15) is 4.79 Å². The summed E-state index contributed by atoms with van der Waals surface area (Å²) in [6.07, 6.45) is 0. The molecule has 0 aliphatic rings. The maximum absolute atomic E-state index is 10.8. The Kier molecular flexibility index (Phi) is 1.72. The van der Waals surface area contributed by atoms with Gasteiger partial charge in [0.15, 0.2) is 5.82 Å². The molecule has 5 heteroatoms. The van der Waals surface area contributed by atoms with Crippen LogP contribution in [0.3, 0.4) is 0 Å². The number of nitrogens with one attached hydrogen (secondary N) is 1. The van der Waals surface area contributed by atoms with Gasteiger partial charge in [-0.2, -0.15) is 0 Å². The second-order valence-electron chi connectivity index (χ2n) is 3.09. The zero-order valence-corrected chi connectivity index (χ0v) is 8.38. The fraction of sp³-hybridized carbons (Fsp3) is 0. The third-order valence-electron chi connectivity index (χ3n) is 2.18. The van der Waals surface area contributed by atoms with Gasteiger partial charge in [-0.25, -0.2) is 4.79 Å². The Hall–Kier alpha value is -1.88. The van der Waals surface area contributed by atoms with Gasteiger partial charge in [-0.15, -0.1) is 11.3 Å². The predicted molar refractivity (Wildman–Crippen MR) is 57.9 cm³/mol. The molecule has 0 aliphatic heterocycles. The molecule has 74 valence electrons. The predicted octanol–water partition coefficient (Wildman–Crippen LogP) is 2.24. The number of benzene rings is 1. The Morgan fingerprint density at radius 1 is 1.33 bits per heavy atom. The molecule has 4 nitrogen and oxygen atoms in total. The standard InChI is InChI=1S/C10H6N2O2S/c13-10-11-9(12-14-10)7-5-15-8-4-2-1-3-6(7)8/h1-5H,(H,11,12,13). The second-order valence-corrected chi connectivity index (χ2v) is 4.00. The van der Waals surface area contributed by atoms with Crippen LogP contribution < -0.4 is 5.76 Å². The molecule has 1 N–H and O–H groups in total. The van der Waals surface area contributed by atoms with Crippen LogP contribution in [0.15, 0.2) is 39.0 Å². The van der Waals surface area contributed by atoms with Gasteiger partial charge < -0.3 is 0 Å². The highest BCUT2D eigenvalue weighted by atomic mass is 32.1. The minimum atomic E-state index is -0.528. The summed E-state index contributed by atoms with van der Waals surface area (Å²) in [7, 11) is 0. The van der Waals surface area contributed by atoms with Gasteiger partial charge in [0.1, 0.15) is 0 Å². The van der Waals surface area contributed by atoms with E-state index >= 15 is 0 Å². The van der Waals surface area contributed by atoms with Crippen molar-refractivity contribution >= 4 is 21.4 Å². The summed E-state index contributed by atoms with van der Waals surface area (Å²) in [5.41, 5.74) is 0.904. The van der Waals surface area contributed by atoms with Crippen molar-refractivity contribution in [1.82, 2.24) is 10.1 Å². The number of fused-ring (bicyclic) bond motifs is 1. The van der Waals surface area contributed by atoms with Gasteiger partial charge in [-0.05, 0) is 6.07 Å². The molecule has 0 atom stereocenters. The van der Waals surface area contributed by atoms with E-state index in [1.165, 1.54) is 0 Å². The summed E-state index contributed by atoms with van der Waals surface area (Å²) in [5, 5.41) is 6.70. The molecule has 15 heavy (non-hydrogen) atoms. The number of aromatic nitrogens is 2. The third-order valence-corrected chi connectivity index (χ3v) is 3.14. The largest absolute Gasteiger partial charge is 0.439 e. The third kappa shape index (κ3) is 1.28. The van der Waals surface area contributed by atoms with Crippen LogP contribution in [0.1, 0.15) is 0 Å². The van der Waals surface area contributed by atoms with Gasteiger partial charge in [0, 0.05) is 21.0 Å². The van der Waals surface area contributed by atoms with Gasteiger partial charge in [-0.1, -0.05) is 23.4 Å². The van der Waals surface area contributed by atoms with Crippen molar-refractivity contribution < 1.29 is 4.52 Å². The average molecular weight is 218 g/mol. The molecule has 0 spiro atoms. The fourth-order valence-electron chi connectivity index (χ4n) is 1.51. The first-order chi connectivity index (χ1) is 7.34.